The molecule has 0 aromatic heterocycles. The largest absolute Gasteiger partial charge is 1.00 e. The van der Waals surface area contributed by atoms with Gasteiger partial charge in [-0.25, -0.2) is 8.42 Å². The Kier molecular flexibility index (Phi) is 15.7. The summed E-state index contributed by atoms with van der Waals surface area (Å²) in [4.78, 5) is 0. The second-order valence-corrected chi connectivity index (χ2v) is 6.55. The summed E-state index contributed by atoms with van der Waals surface area (Å²) in [6.45, 7) is 6.41. The van der Waals surface area contributed by atoms with Gasteiger partial charge in [0.2, 0.25) is 10.4 Å². The minimum Gasteiger partial charge on any atom is -0.726 e. The van der Waals surface area contributed by atoms with Crippen molar-refractivity contribution in [3.8, 4) is 0 Å². The maximum atomic E-state index is 10.3. The molecule has 0 spiro atoms. The smallest absolute Gasteiger partial charge is 0.726 e. The molecule has 2 unspecified atom stereocenters. The number of hydrogen-bond donors (Lipinski definition) is 0. The Morgan fingerprint density at radius 3 is 2.15 bits per heavy atom. The summed E-state index contributed by atoms with van der Waals surface area (Å²) in [5.41, 5.74) is 0. The van der Waals surface area contributed by atoms with Crippen molar-refractivity contribution in [1.82, 2.24) is 0 Å². The van der Waals surface area contributed by atoms with Gasteiger partial charge >= 0.3 is 29.6 Å². The molecule has 0 aliphatic heterocycles. The zero-order chi connectivity index (χ0) is 14.7. The topological polar surface area (TPSA) is 66.4 Å². The maximum Gasteiger partial charge on any atom is 1.00 e. The molecule has 0 radical (unpaired) electrons. The van der Waals surface area contributed by atoms with E-state index in [1.807, 2.05) is 6.92 Å². The Bertz CT molecular complexity index is 306. The van der Waals surface area contributed by atoms with E-state index in [9.17, 15) is 13.0 Å². The fourth-order valence-electron chi connectivity index (χ4n) is 2.35. The first-order valence-corrected chi connectivity index (χ1v) is 8.82. The second kappa shape index (κ2) is 13.5. The molecule has 116 valence electrons. The molecular weight excluding hydrogens is 287 g/mol. The molecule has 20 heavy (non-hydrogen) atoms. The molecule has 0 aliphatic rings. The van der Waals surface area contributed by atoms with Crippen LogP contribution in [0.4, 0.5) is 0 Å². The predicted molar refractivity (Wildman–Crippen MR) is 76.6 cm³/mol. The summed E-state index contributed by atoms with van der Waals surface area (Å²) in [6.07, 6.45) is 9.55. The third-order valence-electron chi connectivity index (χ3n) is 3.58. The molecular formula is C14H29NaO4S. The van der Waals surface area contributed by atoms with Gasteiger partial charge in [0.25, 0.3) is 0 Å². The fraction of sp³-hybridized carbons (Fsp3) is 1.00. The van der Waals surface area contributed by atoms with E-state index in [1.54, 1.807) is 0 Å². The molecule has 0 bridgehead atoms. The average Bonchev–Trinajstić information content (AvgIpc) is 2.33. The normalized spacial score (nSPS) is 14.6. The Balaban J connectivity index is 0. The summed E-state index contributed by atoms with van der Waals surface area (Å²) in [6, 6.07) is 0. The van der Waals surface area contributed by atoms with Crippen molar-refractivity contribution in [3.63, 3.8) is 0 Å². The van der Waals surface area contributed by atoms with Crippen molar-refractivity contribution in [2.45, 2.75) is 72.1 Å². The summed E-state index contributed by atoms with van der Waals surface area (Å²) in [5, 5.41) is 0. The molecule has 0 aromatic rings. The third-order valence-corrected chi connectivity index (χ3v) is 4.01. The van der Waals surface area contributed by atoms with Crippen LogP contribution in [0.25, 0.3) is 0 Å². The Labute approximate surface area is 147 Å². The van der Waals surface area contributed by atoms with E-state index >= 15 is 0 Å². The summed E-state index contributed by atoms with van der Waals surface area (Å²) in [7, 11) is -4.53. The van der Waals surface area contributed by atoms with Gasteiger partial charge in [0.1, 0.15) is 0 Å². The fourth-order valence-corrected chi connectivity index (χ4v) is 2.75. The van der Waals surface area contributed by atoms with E-state index in [0.29, 0.717) is 0 Å². The molecule has 0 saturated heterocycles. The van der Waals surface area contributed by atoms with E-state index in [0.717, 1.165) is 18.8 Å². The van der Waals surface area contributed by atoms with Crippen molar-refractivity contribution >= 4 is 10.4 Å². The van der Waals surface area contributed by atoms with Crippen LogP contribution in [0.3, 0.4) is 0 Å². The summed E-state index contributed by atoms with van der Waals surface area (Å²) in [5.74, 6) is 0.984. The van der Waals surface area contributed by atoms with E-state index < -0.39 is 10.4 Å². The Morgan fingerprint density at radius 1 is 1.05 bits per heavy atom. The molecule has 4 nitrogen and oxygen atoms in total. The van der Waals surface area contributed by atoms with Gasteiger partial charge in [-0.2, -0.15) is 0 Å². The van der Waals surface area contributed by atoms with Gasteiger partial charge in [0.05, 0.1) is 6.61 Å². The minimum atomic E-state index is -4.53. The predicted octanol–water partition coefficient (Wildman–Crippen LogP) is 0.880. The molecule has 0 N–H and O–H groups in total. The average molecular weight is 316 g/mol. The molecule has 0 rings (SSSR count). The van der Waals surface area contributed by atoms with Crippen LogP contribution in [0.1, 0.15) is 72.1 Å². The first-order chi connectivity index (χ1) is 8.89. The number of rotatable bonds is 12. The van der Waals surface area contributed by atoms with Gasteiger partial charge in [-0.15, -0.1) is 0 Å². The molecule has 0 heterocycles. The van der Waals surface area contributed by atoms with Crippen molar-refractivity contribution in [2.24, 2.45) is 11.8 Å². The minimum absolute atomic E-state index is 0. The van der Waals surface area contributed by atoms with Crippen molar-refractivity contribution in [2.75, 3.05) is 6.61 Å². The Morgan fingerprint density at radius 2 is 1.65 bits per heavy atom. The second-order valence-electron chi connectivity index (χ2n) is 5.50. The van der Waals surface area contributed by atoms with Crippen LogP contribution in [-0.4, -0.2) is 19.6 Å². The third kappa shape index (κ3) is 15.3. The molecule has 0 fully saturated rings. The van der Waals surface area contributed by atoms with Crippen molar-refractivity contribution < 1.29 is 46.7 Å². The maximum absolute atomic E-state index is 10.3. The van der Waals surface area contributed by atoms with Gasteiger partial charge in [-0.3, -0.25) is 4.18 Å². The van der Waals surface area contributed by atoms with Crippen LogP contribution in [-0.2, 0) is 14.6 Å². The van der Waals surface area contributed by atoms with Crippen LogP contribution in [0.2, 0.25) is 0 Å². The number of unbranched alkanes of at least 4 members (excludes halogenated alkanes) is 2. The van der Waals surface area contributed by atoms with Gasteiger partial charge in [-0.05, 0) is 18.3 Å². The zero-order valence-corrected chi connectivity index (χ0v) is 16.4. The van der Waals surface area contributed by atoms with Crippen LogP contribution >= 0.6 is 0 Å². The van der Waals surface area contributed by atoms with Crippen LogP contribution in [0.15, 0.2) is 0 Å². The van der Waals surface area contributed by atoms with E-state index in [-0.39, 0.29) is 42.1 Å². The molecule has 2 atom stereocenters. The van der Waals surface area contributed by atoms with Gasteiger partial charge in [0, 0.05) is 0 Å². The van der Waals surface area contributed by atoms with Crippen molar-refractivity contribution in [1.29, 1.82) is 0 Å². The molecule has 0 amide bonds. The monoisotopic (exact) mass is 316 g/mol. The van der Waals surface area contributed by atoms with E-state index in [2.05, 4.69) is 18.0 Å². The van der Waals surface area contributed by atoms with Gasteiger partial charge in [-0.1, -0.05) is 65.7 Å². The standard InChI is InChI=1S/C14H30O4S.Na/c1-4-9-14(5-2)11-8-6-7-10-13(3)12-18-19(15,16)17;/h13-14H,4-12H2,1-3H3,(H,15,16,17);/q;+1/p-1. The quantitative estimate of drug-likeness (QED) is 0.232. The molecule has 0 saturated carbocycles. The SMILES string of the molecule is CCCC(CC)CCCCCC(C)COS(=O)(=O)[O-].[Na+]. The van der Waals surface area contributed by atoms with E-state index in [1.165, 1.54) is 38.5 Å². The summed E-state index contributed by atoms with van der Waals surface area (Å²) >= 11 is 0. The van der Waals surface area contributed by atoms with Crippen LogP contribution < -0.4 is 29.6 Å². The van der Waals surface area contributed by atoms with Crippen molar-refractivity contribution in [3.05, 3.63) is 0 Å². The first kappa shape index (κ1) is 23.1. The molecule has 6 heteroatoms. The molecule has 0 aliphatic carbocycles. The Hall–Kier alpha value is 0.870. The number of hydrogen-bond acceptors (Lipinski definition) is 4. The van der Waals surface area contributed by atoms with Crippen LogP contribution in [0, 0.1) is 11.8 Å². The summed E-state index contributed by atoms with van der Waals surface area (Å²) < 4.78 is 35.2. The van der Waals surface area contributed by atoms with Gasteiger partial charge < -0.3 is 4.55 Å². The van der Waals surface area contributed by atoms with E-state index in [4.69, 9.17) is 0 Å². The molecule has 0 aromatic carbocycles. The zero-order valence-electron chi connectivity index (χ0n) is 13.6. The first-order valence-electron chi connectivity index (χ1n) is 7.49. The van der Waals surface area contributed by atoms with Gasteiger partial charge in [0.15, 0.2) is 0 Å². The van der Waals surface area contributed by atoms with Crippen LogP contribution in [0.5, 0.6) is 0 Å².